The van der Waals surface area contributed by atoms with E-state index in [1.807, 2.05) is 29.2 Å². The summed E-state index contributed by atoms with van der Waals surface area (Å²) in [6.07, 6.45) is 2.51. The number of benzene rings is 1. The number of carbonyl (C=O) groups is 2. The van der Waals surface area contributed by atoms with E-state index in [0.717, 1.165) is 5.69 Å². The van der Waals surface area contributed by atoms with E-state index in [9.17, 15) is 14.7 Å². The zero-order chi connectivity index (χ0) is 24.2. The molecule has 2 unspecified atom stereocenters. The molecule has 0 bridgehead atoms. The smallest absolute Gasteiger partial charge is 0.335 e. The Morgan fingerprint density at radius 3 is 2.79 bits per heavy atom. The molecular weight excluding hydrogens is 478 g/mol. The van der Waals surface area contributed by atoms with Gasteiger partial charge < -0.3 is 24.5 Å². The molecule has 10 heteroatoms. The molecule has 3 heterocycles. The summed E-state index contributed by atoms with van der Waals surface area (Å²) in [5.74, 6) is -0.297. The molecule has 8 nitrogen and oxygen atoms in total. The van der Waals surface area contributed by atoms with Gasteiger partial charge in [-0.2, -0.15) is 0 Å². The molecule has 0 spiro atoms. The molecule has 1 saturated heterocycles. The summed E-state index contributed by atoms with van der Waals surface area (Å²) in [6, 6.07) is 13.0. The van der Waals surface area contributed by atoms with E-state index in [-0.39, 0.29) is 30.0 Å². The van der Waals surface area contributed by atoms with Crippen molar-refractivity contribution in [2.75, 3.05) is 13.7 Å². The predicted molar refractivity (Wildman–Crippen MR) is 130 cm³/mol. The topological polar surface area (TPSA) is 105 Å². The second kappa shape index (κ2) is 10.2. The summed E-state index contributed by atoms with van der Waals surface area (Å²) in [5, 5.41) is 13.6. The number of esters is 1. The van der Waals surface area contributed by atoms with E-state index in [1.165, 1.54) is 25.3 Å². The number of hydrogen-bond donors (Lipinski definition) is 2. The van der Waals surface area contributed by atoms with Gasteiger partial charge in [-0.1, -0.05) is 17.7 Å². The number of thiocarbonyl (C=S) groups is 1. The summed E-state index contributed by atoms with van der Waals surface area (Å²) in [5.41, 5.74) is 1.37. The maximum Gasteiger partial charge on any atom is 0.335 e. The summed E-state index contributed by atoms with van der Waals surface area (Å²) < 4.78 is 11.0. The van der Waals surface area contributed by atoms with Crippen molar-refractivity contribution < 1.29 is 23.8 Å². The lowest BCUT2D eigenvalue weighted by Gasteiger charge is -2.25. The molecule has 176 valence electrons. The van der Waals surface area contributed by atoms with Crippen molar-refractivity contribution >= 4 is 40.9 Å². The average Bonchev–Trinajstić information content (AvgIpc) is 3.44. The molecule has 2 N–H and O–H groups in total. The Morgan fingerprint density at radius 1 is 1.26 bits per heavy atom. The van der Waals surface area contributed by atoms with E-state index in [1.54, 1.807) is 12.3 Å². The lowest BCUT2D eigenvalue weighted by Crippen LogP contribution is -2.30. The molecular formula is C24H22ClN3O5S. The standard InChI is InChI=1S/C24H22ClN3O5S/c1-32-20(29)6-4-12-28-22(21(27-24(28)34)17-5-2-3-11-26-17)19-10-9-18(33-19)15-13-14(23(30)31)7-8-16(15)25/h2-3,5,7-11,13,21-22H,4,6,12H2,1H3,(H,27,34)(H,30,31). The zero-order valence-corrected chi connectivity index (χ0v) is 19.8. The Bertz CT molecular complexity index is 1220. The van der Waals surface area contributed by atoms with Crippen LogP contribution < -0.4 is 5.32 Å². The number of ether oxygens (including phenoxy) is 1. The monoisotopic (exact) mass is 499 g/mol. The lowest BCUT2D eigenvalue weighted by atomic mass is 10.0. The number of aromatic carboxylic acids is 1. The Balaban J connectivity index is 1.69. The molecule has 2 aromatic heterocycles. The molecule has 3 aromatic rings. The SMILES string of the molecule is COC(=O)CCCN1C(=S)NC(c2ccccn2)C1c1ccc(-c2cc(C(=O)O)ccc2Cl)o1. The average molecular weight is 500 g/mol. The maximum absolute atomic E-state index is 11.6. The molecule has 0 amide bonds. The van der Waals surface area contributed by atoms with Crippen molar-refractivity contribution in [2.24, 2.45) is 0 Å². The van der Waals surface area contributed by atoms with Gasteiger partial charge in [0.05, 0.1) is 29.4 Å². The number of nitrogens with one attached hydrogen (secondary N) is 1. The van der Waals surface area contributed by atoms with E-state index >= 15 is 0 Å². The molecule has 0 radical (unpaired) electrons. The van der Waals surface area contributed by atoms with Crippen molar-refractivity contribution in [1.82, 2.24) is 15.2 Å². The van der Waals surface area contributed by atoms with Gasteiger partial charge in [0, 0.05) is 24.7 Å². The normalized spacial score (nSPS) is 17.5. The summed E-state index contributed by atoms with van der Waals surface area (Å²) in [6.45, 7) is 0.500. The van der Waals surface area contributed by atoms with Crippen LogP contribution in [0.5, 0.6) is 0 Å². The maximum atomic E-state index is 11.6. The Labute approximate surface area is 206 Å². The van der Waals surface area contributed by atoms with Gasteiger partial charge in [0.15, 0.2) is 5.11 Å². The van der Waals surface area contributed by atoms with Gasteiger partial charge in [0.1, 0.15) is 17.6 Å². The molecule has 0 aliphatic carbocycles. The van der Waals surface area contributed by atoms with Crippen LogP contribution in [0.25, 0.3) is 11.3 Å². The van der Waals surface area contributed by atoms with Crippen LogP contribution in [0, 0.1) is 0 Å². The fraction of sp³-hybridized carbons (Fsp3) is 0.250. The van der Waals surface area contributed by atoms with Crippen molar-refractivity contribution in [3.63, 3.8) is 0 Å². The predicted octanol–water partition coefficient (Wildman–Crippen LogP) is 4.62. The second-order valence-corrected chi connectivity index (χ2v) is 8.50. The first-order chi connectivity index (χ1) is 16.4. The highest BCUT2D eigenvalue weighted by Crippen LogP contribution is 2.41. The third kappa shape index (κ3) is 4.90. The summed E-state index contributed by atoms with van der Waals surface area (Å²) in [4.78, 5) is 29.5. The van der Waals surface area contributed by atoms with Gasteiger partial charge in [0.25, 0.3) is 0 Å². The van der Waals surface area contributed by atoms with Gasteiger partial charge in [-0.05, 0) is 61.1 Å². The number of pyridine rings is 1. The highest BCUT2D eigenvalue weighted by Gasteiger charge is 2.41. The number of aromatic nitrogens is 1. The number of rotatable bonds is 8. The van der Waals surface area contributed by atoms with Crippen LogP contribution in [0.4, 0.5) is 0 Å². The number of furan rings is 1. The van der Waals surface area contributed by atoms with Crippen molar-refractivity contribution in [3.05, 3.63) is 76.8 Å². The molecule has 34 heavy (non-hydrogen) atoms. The van der Waals surface area contributed by atoms with Crippen LogP contribution in [0.1, 0.15) is 46.7 Å². The fourth-order valence-electron chi connectivity index (χ4n) is 3.95. The van der Waals surface area contributed by atoms with Crippen LogP contribution in [-0.4, -0.2) is 45.7 Å². The van der Waals surface area contributed by atoms with Crippen LogP contribution >= 0.6 is 23.8 Å². The minimum atomic E-state index is -1.05. The van der Waals surface area contributed by atoms with E-state index in [2.05, 4.69) is 10.3 Å². The van der Waals surface area contributed by atoms with Crippen LogP contribution in [0.3, 0.4) is 0 Å². The number of hydrogen-bond acceptors (Lipinski definition) is 6. The summed E-state index contributed by atoms with van der Waals surface area (Å²) in [7, 11) is 1.36. The quantitative estimate of drug-likeness (QED) is 0.339. The van der Waals surface area contributed by atoms with Crippen molar-refractivity contribution in [2.45, 2.75) is 24.9 Å². The third-order valence-corrected chi connectivity index (χ3v) is 6.28. The fourth-order valence-corrected chi connectivity index (χ4v) is 4.50. The Hall–Kier alpha value is -3.43. The van der Waals surface area contributed by atoms with Gasteiger partial charge >= 0.3 is 11.9 Å². The molecule has 1 aliphatic heterocycles. The second-order valence-electron chi connectivity index (χ2n) is 7.70. The van der Waals surface area contributed by atoms with E-state index in [4.69, 9.17) is 33.0 Å². The Morgan fingerprint density at radius 2 is 2.09 bits per heavy atom. The van der Waals surface area contributed by atoms with Crippen molar-refractivity contribution in [1.29, 1.82) is 0 Å². The minimum Gasteiger partial charge on any atom is -0.478 e. The molecule has 1 aromatic carbocycles. The van der Waals surface area contributed by atoms with Gasteiger partial charge in [-0.3, -0.25) is 9.78 Å². The number of carboxylic acid groups (broad SMARTS) is 1. The number of carbonyl (C=O) groups excluding carboxylic acids is 1. The molecule has 0 saturated carbocycles. The van der Waals surface area contributed by atoms with Crippen LogP contribution in [-0.2, 0) is 9.53 Å². The Kier molecular flexibility index (Phi) is 7.14. The largest absolute Gasteiger partial charge is 0.478 e. The van der Waals surface area contributed by atoms with Crippen molar-refractivity contribution in [3.8, 4) is 11.3 Å². The number of halogens is 1. The van der Waals surface area contributed by atoms with Crippen LogP contribution in [0.15, 0.2) is 59.1 Å². The molecule has 1 fully saturated rings. The number of nitrogens with zero attached hydrogens (tertiary/aromatic N) is 2. The third-order valence-electron chi connectivity index (χ3n) is 5.60. The van der Waals surface area contributed by atoms with Gasteiger partial charge in [0.2, 0.25) is 0 Å². The first kappa shape index (κ1) is 23.7. The van der Waals surface area contributed by atoms with E-state index < -0.39 is 5.97 Å². The zero-order valence-electron chi connectivity index (χ0n) is 18.2. The van der Waals surface area contributed by atoms with Gasteiger partial charge in [-0.15, -0.1) is 0 Å². The first-order valence-corrected chi connectivity index (χ1v) is 11.4. The first-order valence-electron chi connectivity index (χ1n) is 10.6. The number of carboxylic acids is 1. The van der Waals surface area contributed by atoms with Gasteiger partial charge in [-0.25, -0.2) is 4.79 Å². The minimum absolute atomic E-state index is 0.108. The lowest BCUT2D eigenvalue weighted by molar-refractivity contribution is -0.140. The summed E-state index contributed by atoms with van der Waals surface area (Å²) >= 11 is 12.0. The highest BCUT2D eigenvalue weighted by atomic mass is 35.5. The van der Waals surface area contributed by atoms with E-state index in [0.29, 0.717) is 40.2 Å². The van der Waals surface area contributed by atoms with Crippen LogP contribution in [0.2, 0.25) is 5.02 Å². The highest BCUT2D eigenvalue weighted by molar-refractivity contribution is 7.80. The number of methoxy groups -OCH3 is 1. The molecule has 4 rings (SSSR count). The molecule has 2 atom stereocenters. The molecule has 1 aliphatic rings.